The number of rotatable bonds is 6. The Kier molecular flexibility index (Phi) is 6.27. The van der Waals surface area contributed by atoms with Gasteiger partial charge in [-0.1, -0.05) is 18.2 Å². The first-order valence-electron chi connectivity index (χ1n) is 8.98. The summed E-state index contributed by atoms with van der Waals surface area (Å²) in [5, 5.41) is 22.8. The van der Waals surface area contributed by atoms with Gasteiger partial charge < -0.3 is 15.1 Å². The lowest BCUT2D eigenvalue weighted by atomic mass is 10.2. The van der Waals surface area contributed by atoms with Gasteiger partial charge in [0.25, 0.3) is 0 Å². The van der Waals surface area contributed by atoms with Crippen LogP contribution in [0.3, 0.4) is 0 Å². The van der Waals surface area contributed by atoms with E-state index in [-0.39, 0.29) is 17.4 Å². The van der Waals surface area contributed by atoms with Gasteiger partial charge >= 0.3 is 0 Å². The first-order chi connectivity index (χ1) is 13.1. The molecule has 1 amide bonds. The first-order valence-corrected chi connectivity index (χ1v) is 8.98. The van der Waals surface area contributed by atoms with E-state index in [1.165, 1.54) is 30.1 Å². The second-order valence-electron chi connectivity index (χ2n) is 6.45. The summed E-state index contributed by atoms with van der Waals surface area (Å²) >= 11 is 0. The van der Waals surface area contributed by atoms with E-state index in [0.29, 0.717) is 18.5 Å². The summed E-state index contributed by atoms with van der Waals surface area (Å²) in [4.78, 5) is 16.6. The third-order valence-corrected chi connectivity index (χ3v) is 4.56. The maximum Gasteiger partial charge on any atom is 0.241 e. The van der Waals surface area contributed by atoms with E-state index >= 15 is 0 Å². The van der Waals surface area contributed by atoms with Gasteiger partial charge in [0.2, 0.25) is 5.91 Å². The average molecular weight is 368 g/mol. The van der Waals surface area contributed by atoms with Crippen LogP contribution < -0.4 is 10.3 Å². The van der Waals surface area contributed by atoms with Crippen LogP contribution in [0.1, 0.15) is 12.0 Å². The Labute approximate surface area is 158 Å². The van der Waals surface area contributed by atoms with Crippen molar-refractivity contribution in [3.8, 4) is 11.5 Å². The predicted octanol–water partition coefficient (Wildman–Crippen LogP) is 1.76. The largest absolute Gasteiger partial charge is 0.508 e. The molecule has 1 heterocycles. The number of phenols is 2. The Bertz CT molecular complexity index is 787. The Morgan fingerprint density at radius 2 is 1.81 bits per heavy atom. The summed E-state index contributed by atoms with van der Waals surface area (Å²) in [6, 6.07) is 14.5. The number of nitrogens with zero attached hydrogens (tertiary/aromatic N) is 3. The molecule has 7 heteroatoms. The lowest BCUT2D eigenvalue weighted by Crippen LogP contribution is -2.47. The van der Waals surface area contributed by atoms with E-state index in [2.05, 4.69) is 32.5 Å². The zero-order valence-corrected chi connectivity index (χ0v) is 15.1. The molecule has 27 heavy (non-hydrogen) atoms. The highest BCUT2D eigenvalue weighted by Crippen LogP contribution is 2.20. The Morgan fingerprint density at radius 3 is 2.52 bits per heavy atom. The fourth-order valence-electron chi connectivity index (χ4n) is 3.00. The molecule has 1 aliphatic heterocycles. The first kappa shape index (κ1) is 18.7. The van der Waals surface area contributed by atoms with Crippen molar-refractivity contribution >= 4 is 17.8 Å². The summed E-state index contributed by atoms with van der Waals surface area (Å²) < 4.78 is 0. The van der Waals surface area contributed by atoms with Gasteiger partial charge in [-0.15, -0.1) is 0 Å². The van der Waals surface area contributed by atoms with E-state index in [1.54, 1.807) is 0 Å². The quantitative estimate of drug-likeness (QED) is 0.534. The molecule has 0 saturated carbocycles. The van der Waals surface area contributed by atoms with Crippen molar-refractivity contribution in [2.45, 2.75) is 6.42 Å². The van der Waals surface area contributed by atoms with Crippen LogP contribution in [0.4, 0.5) is 5.69 Å². The highest BCUT2D eigenvalue weighted by atomic mass is 16.3. The molecule has 2 aromatic rings. The number of anilines is 1. The Hall–Kier alpha value is -3.06. The fraction of sp³-hybridized carbons (Fsp3) is 0.300. The molecular weight excluding hydrogens is 344 g/mol. The number of piperazine rings is 1. The maximum absolute atomic E-state index is 11.9. The zero-order valence-electron chi connectivity index (χ0n) is 15.1. The normalized spacial score (nSPS) is 15.2. The van der Waals surface area contributed by atoms with Crippen LogP contribution in [0.2, 0.25) is 0 Å². The van der Waals surface area contributed by atoms with Crippen LogP contribution in [0.5, 0.6) is 11.5 Å². The van der Waals surface area contributed by atoms with Gasteiger partial charge in [-0.2, -0.15) is 5.10 Å². The molecular formula is C20H24N4O3. The molecule has 3 N–H and O–H groups in total. The fourth-order valence-corrected chi connectivity index (χ4v) is 3.00. The van der Waals surface area contributed by atoms with Gasteiger partial charge in [-0.25, -0.2) is 5.43 Å². The summed E-state index contributed by atoms with van der Waals surface area (Å²) in [6.45, 7) is 4.43. The second kappa shape index (κ2) is 9.05. The summed E-state index contributed by atoms with van der Waals surface area (Å²) in [7, 11) is 0. The molecule has 7 nitrogen and oxygen atoms in total. The van der Waals surface area contributed by atoms with Crippen molar-refractivity contribution in [3.05, 3.63) is 54.1 Å². The molecule has 142 valence electrons. The number of hydrazone groups is 1. The molecule has 0 atom stereocenters. The number of hydrogen-bond acceptors (Lipinski definition) is 6. The topological polar surface area (TPSA) is 88.4 Å². The van der Waals surface area contributed by atoms with Gasteiger partial charge in [0.05, 0.1) is 6.21 Å². The maximum atomic E-state index is 11.9. The van der Waals surface area contributed by atoms with Gasteiger partial charge in [-0.05, 0) is 24.3 Å². The van der Waals surface area contributed by atoms with E-state index in [1.807, 2.05) is 18.2 Å². The smallest absolute Gasteiger partial charge is 0.241 e. The minimum absolute atomic E-state index is 0.0268. The molecule has 0 unspecified atom stereocenters. The van der Waals surface area contributed by atoms with Crippen molar-refractivity contribution in [2.75, 3.05) is 37.6 Å². The number of para-hydroxylation sites is 1. The van der Waals surface area contributed by atoms with Crippen LogP contribution in [0.15, 0.2) is 53.6 Å². The Balaban J connectivity index is 1.38. The number of benzene rings is 2. The SMILES string of the molecule is O=C(CCN1CCN(c2ccccc2)CC1)NN=Cc1ccc(O)cc1O. The molecule has 1 fully saturated rings. The van der Waals surface area contributed by atoms with E-state index in [9.17, 15) is 15.0 Å². The molecule has 1 saturated heterocycles. The predicted molar refractivity (Wildman–Crippen MR) is 105 cm³/mol. The number of amides is 1. The lowest BCUT2D eigenvalue weighted by Gasteiger charge is -2.36. The molecule has 3 rings (SSSR count). The lowest BCUT2D eigenvalue weighted by molar-refractivity contribution is -0.121. The van der Waals surface area contributed by atoms with Crippen molar-refractivity contribution < 1.29 is 15.0 Å². The summed E-state index contributed by atoms with van der Waals surface area (Å²) in [5.41, 5.74) is 4.13. The van der Waals surface area contributed by atoms with Gasteiger partial charge in [0.15, 0.2) is 0 Å². The molecule has 1 aliphatic rings. The van der Waals surface area contributed by atoms with Gasteiger partial charge in [0, 0.05) is 56.5 Å². The molecule has 0 radical (unpaired) electrons. The van der Waals surface area contributed by atoms with Crippen molar-refractivity contribution in [1.82, 2.24) is 10.3 Å². The standard InChI is InChI=1S/C20H24N4O3/c25-18-7-6-16(19(26)14-18)15-21-22-20(27)8-9-23-10-12-24(13-11-23)17-4-2-1-3-5-17/h1-7,14-15,25-26H,8-13H2,(H,22,27). The monoisotopic (exact) mass is 368 g/mol. The summed E-state index contributed by atoms with van der Waals surface area (Å²) in [6.07, 6.45) is 1.72. The minimum atomic E-state index is -0.171. The van der Waals surface area contributed by atoms with E-state index in [4.69, 9.17) is 0 Å². The van der Waals surface area contributed by atoms with Crippen molar-refractivity contribution in [2.24, 2.45) is 5.10 Å². The highest BCUT2D eigenvalue weighted by molar-refractivity contribution is 5.85. The van der Waals surface area contributed by atoms with Gasteiger partial charge in [-0.3, -0.25) is 9.69 Å². The van der Waals surface area contributed by atoms with Crippen LogP contribution >= 0.6 is 0 Å². The van der Waals surface area contributed by atoms with Crippen LogP contribution in [0.25, 0.3) is 0 Å². The molecule has 0 bridgehead atoms. The molecule has 2 aromatic carbocycles. The van der Waals surface area contributed by atoms with E-state index < -0.39 is 0 Å². The molecule has 0 spiro atoms. The van der Waals surface area contributed by atoms with Crippen LogP contribution in [-0.2, 0) is 4.79 Å². The highest BCUT2D eigenvalue weighted by Gasteiger charge is 2.17. The second-order valence-corrected chi connectivity index (χ2v) is 6.45. The van der Waals surface area contributed by atoms with Crippen LogP contribution in [-0.4, -0.2) is 60.0 Å². The van der Waals surface area contributed by atoms with Gasteiger partial charge in [0.1, 0.15) is 11.5 Å². The number of phenolic OH excluding ortho intramolecular Hbond substituents is 2. The van der Waals surface area contributed by atoms with Crippen molar-refractivity contribution in [3.63, 3.8) is 0 Å². The van der Waals surface area contributed by atoms with Crippen molar-refractivity contribution in [1.29, 1.82) is 0 Å². The number of carbonyl (C=O) groups is 1. The number of carbonyl (C=O) groups excluding carboxylic acids is 1. The molecule has 0 aromatic heterocycles. The number of hydrogen-bond donors (Lipinski definition) is 3. The average Bonchev–Trinajstić information content (AvgIpc) is 2.69. The molecule has 0 aliphatic carbocycles. The number of nitrogens with one attached hydrogen (secondary N) is 1. The summed E-state index contributed by atoms with van der Waals surface area (Å²) in [5.74, 6) is -0.291. The third kappa shape index (κ3) is 5.46. The minimum Gasteiger partial charge on any atom is -0.508 e. The third-order valence-electron chi connectivity index (χ3n) is 4.56. The van der Waals surface area contributed by atoms with E-state index in [0.717, 1.165) is 26.2 Å². The van der Waals surface area contributed by atoms with Crippen LogP contribution in [0, 0.1) is 0 Å². The number of aromatic hydroxyl groups is 2. The Morgan fingerprint density at radius 1 is 1.07 bits per heavy atom. The zero-order chi connectivity index (χ0) is 19.1.